The number of rotatable bonds is 7. The van der Waals surface area contributed by atoms with Gasteiger partial charge >= 0.3 is 5.97 Å². The summed E-state index contributed by atoms with van der Waals surface area (Å²) in [4.78, 5) is 12.5. The normalized spacial score (nSPS) is 12.1. The van der Waals surface area contributed by atoms with Gasteiger partial charge < -0.3 is 15.3 Å². The molecular formula is C10H20N2O2. The molecule has 4 nitrogen and oxygen atoms in total. The Hall–Kier alpha value is -0.870. The number of aliphatic carboxylic acids is 1. The van der Waals surface area contributed by atoms with E-state index >= 15 is 0 Å². The highest BCUT2D eigenvalue weighted by Gasteiger charge is 1.97. The molecule has 82 valence electrons. The Labute approximate surface area is 85.6 Å². The van der Waals surface area contributed by atoms with Crippen LogP contribution in [0, 0.1) is 0 Å². The molecule has 4 heteroatoms. The van der Waals surface area contributed by atoms with Gasteiger partial charge in [-0.2, -0.15) is 0 Å². The number of carboxylic acids is 1. The van der Waals surface area contributed by atoms with Crippen LogP contribution in [0.2, 0.25) is 0 Å². The summed E-state index contributed by atoms with van der Waals surface area (Å²) in [6, 6.07) is 0. The van der Waals surface area contributed by atoms with Crippen LogP contribution >= 0.6 is 0 Å². The molecule has 0 atom stereocenters. The van der Waals surface area contributed by atoms with Crippen molar-refractivity contribution >= 4 is 5.97 Å². The van der Waals surface area contributed by atoms with Gasteiger partial charge in [-0.15, -0.1) is 0 Å². The molecule has 0 aromatic rings. The maximum Gasteiger partial charge on any atom is 0.330 e. The van der Waals surface area contributed by atoms with E-state index in [0.717, 1.165) is 26.1 Å². The predicted octanol–water partition coefficient (Wildman–Crippen LogP) is 0.559. The zero-order valence-electron chi connectivity index (χ0n) is 9.21. The van der Waals surface area contributed by atoms with Crippen LogP contribution in [0.3, 0.4) is 0 Å². The minimum Gasteiger partial charge on any atom is -0.478 e. The monoisotopic (exact) mass is 200 g/mol. The molecule has 0 fully saturated rings. The van der Waals surface area contributed by atoms with Crippen molar-refractivity contribution in [1.29, 1.82) is 0 Å². The molecule has 0 aromatic carbocycles. The van der Waals surface area contributed by atoms with Gasteiger partial charge in [-0.3, -0.25) is 0 Å². The fourth-order valence-corrected chi connectivity index (χ4v) is 0.906. The summed E-state index contributed by atoms with van der Waals surface area (Å²) in [5.74, 6) is -0.835. The van der Waals surface area contributed by atoms with Crippen LogP contribution < -0.4 is 5.32 Å². The molecule has 0 aromatic heterocycles. The molecule has 0 bridgehead atoms. The maximum atomic E-state index is 10.4. The van der Waals surface area contributed by atoms with Gasteiger partial charge in [-0.05, 0) is 34.0 Å². The van der Waals surface area contributed by atoms with Crippen molar-refractivity contribution in [2.24, 2.45) is 0 Å². The van der Waals surface area contributed by atoms with E-state index < -0.39 is 5.97 Å². The molecule has 0 radical (unpaired) electrons. The molecule has 0 aliphatic rings. The molecule has 0 heterocycles. The lowest BCUT2D eigenvalue weighted by Gasteiger charge is -2.09. The first-order valence-corrected chi connectivity index (χ1v) is 4.79. The molecule has 2 N–H and O–H groups in total. The number of hydrogen-bond donors (Lipinski definition) is 2. The minimum atomic E-state index is -0.835. The number of likely N-dealkylation sites (N-methyl/N-ethyl adjacent to an activating group) is 1. The Morgan fingerprint density at radius 3 is 2.57 bits per heavy atom. The summed E-state index contributed by atoms with van der Waals surface area (Å²) in [6.45, 7) is 4.38. The van der Waals surface area contributed by atoms with E-state index in [1.807, 2.05) is 14.1 Å². The van der Waals surface area contributed by atoms with E-state index in [9.17, 15) is 4.79 Å². The van der Waals surface area contributed by atoms with Crippen molar-refractivity contribution < 1.29 is 9.90 Å². The molecule has 14 heavy (non-hydrogen) atoms. The first-order chi connectivity index (χ1) is 6.54. The smallest absolute Gasteiger partial charge is 0.330 e. The van der Waals surface area contributed by atoms with E-state index in [4.69, 9.17) is 5.11 Å². The quantitative estimate of drug-likeness (QED) is 0.466. The van der Waals surface area contributed by atoms with E-state index in [1.54, 1.807) is 13.0 Å². The van der Waals surface area contributed by atoms with Crippen LogP contribution in [0.1, 0.15) is 13.3 Å². The summed E-state index contributed by atoms with van der Waals surface area (Å²) < 4.78 is 0. The average molecular weight is 200 g/mol. The Bertz CT molecular complexity index is 200. The number of carboxylic acid groups (broad SMARTS) is 1. The second kappa shape index (κ2) is 7.53. The van der Waals surface area contributed by atoms with Gasteiger partial charge in [0.15, 0.2) is 0 Å². The first kappa shape index (κ1) is 13.1. The van der Waals surface area contributed by atoms with Gasteiger partial charge in [-0.1, -0.05) is 6.08 Å². The Morgan fingerprint density at radius 2 is 2.07 bits per heavy atom. The number of nitrogens with one attached hydrogen (secondary N) is 1. The van der Waals surface area contributed by atoms with Crippen molar-refractivity contribution in [3.8, 4) is 0 Å². The predicted molar refractivity (Wildman–Crippen MR) is 57.4 cm³/mol. The van der Waals surface area contributed by atoms with Gasteiger partial charge in [0.1, 0.15) is 0 Å². The fraction of sp³-hybridized carbons (Fsp3) is 0.700. The molecule has 0 aliphatic heterocycles. The van der Waals surface area contributed by atoms with Crippen molar-refractivity contribution in [2.75, 3.05) is 33.7 Å². The van der Waals surface area contributed by atoms with E-state index in [1.165, 1.54) is 0 Å². The van der Waals surface area contributed by atoms with E-state index in [2.05, 4.69) is 10.2 Å². The first-order valence-electron chi connectivity index (χ1n) is 4.79. The van der Waals surface area contributed by atoms with Gasteiger partial charge in [0.25, 0.3) is 0 Å². The minimum absolute atomic E-state index is 0.416. The highest BCUT2D eigenvalue weighted by Crippen LogP contribution is 1.93. The third-order valence-corrected chi connectivity index (χ3v) is 1.84. The van der Waals surface area contributed by atoms with Crippen LogP contribution in [0.4, 0.5) is 0 Å². The van der Waals surface area contributed by atoms with Crippen molar-refractivity contribution in [3.63, 3.8) is 0 Å². The summed E-state index contributed by atoms with van der Waals surface area (Å²) in [6.07, 6.45) is 2.51. The Balaban J connectivity index is 3.38. The molecule has 0 saturated heterocycles. The molecule has 0 amide bonds. The van der Waals surface area contributed by atoms with Gasteiger partial charge in [-0.25, -0.2) is 4.79 Å². The third-order valence-electron chi connectivity index (χ3n) is 1.84. The number of hydrogen-bond acceptors (Lipinski definition) is 3. The summed E-state index contributed by atoms with van der Waals surface area (Å²) in [7, 11) is 4.05. The van der Waals surface area contributed by atoms with Crippen molar-refractivity contribution in [1.82, 2.24) is 10.2 Å². The lowest BCUT2D eigenvalue weighted by Crippen LogP contribution is -2.27. The summed E-state index contributed by atoms with van der Waals surface area (Å²) in [5, 5.41) is 11.8. The average Bonchev–Trinajstić information content (AvgIpc) is 2.09. The molecule has 0 rings (SSSR count). The third kappa shape index (κ3) is 7.76. The van der Waals surface area contributed by atoms with Crippen LogP contribution in [0.25, 0.3) is 0 Å². The standard InChI is InChI=1S/C10H20N2O2/c1-9(10(13)14)5-4-6-11-7-8-12(2)3/h5,11H,4,6-8H2,1-3H3,(H,13,14)/b9-5+. The highest BCUT2D eigenvalue weighted by molar-refractivity contribution is 5.85. The second-order valence-corrected chi connectivity index (χ2v) is 3.53. The lowest BCUT2D eigenvalue weighted by molar-refractivity contribution is -0.132. The van der Waals surface area contributed by atoms with Gasteiger partial charge in [0.2, 0.25) is 0 Å². The van der Waals surface area contributed by atoms with E-state index in [0.29, 0.717) is 5.57 Å². The van der Waals surface area contributed by atoms with Crippen LogP contribution in [-0.4, -0.2) is 49.7 Å². The molecule has 0 spiro atoms. The molecule has 0 saturated carbocycles. The largest absolute Gasteiger partial charge is 0.478 e. The topological polar surface area (TPSA) is 52.6 Å². The number of carbonyl (C=O) groups is 1. The van der Waals surface area contributed by atoms with Gasteiger partial charge in [0.05, 0.1) is 0 Å². The molecule has 0 aliphatic carbocycles. The molecule has 0 unspecified atom stereocenters. The second-order valence-electron chi connectivity index (χ2n) is 3.53. The Kier molecular flexibility index (Phi) is 7.06. The van der Waals surface area contributed by atoms with E-state index in [-0.39, 0.29) is 0 Å². The van der Waals surface area contributed by atoms with Crippen LogP contribution in [-0.2, 0) is 4.79 Å². The van der Waals surface area contributed by atoms with Crippen molar-refractivity contribution in [2.45, 2.75) is 13.3 Å². The summed E-state index contributed by atoms with van der Waals surface area (Å²) in [5.41, 5.74) is 0.416. The van der Waals surface area contributed by atoms with Gasteiger partial charge in [0, 0.05) is 18.7 Å². The maximum absolute atomic E-state index is 10.4. The van der Waals surface area contributed by atoms with Crippen LogP contribution in [0.5, 0.6) is 0 Å². The highest BCUT2D eigenvalue weighted by atomic mass is 16.4. The molecular weight excluding hydrogens is 180 g/mol. The Morgan fingerprint density at radius 1 is 1.43 bits per heavy atom. The SMILES string of the molecule is C/C(=C\CCNCCN(C)C)C(=O)O. The fourth-order valence-electron chi connectivity index (χ4n) is 0.906. The van der Waals surface area contributed by atoms with Crippen LogP contribution in [0.15, 0.2) is 11.6 Å². The lowest BCUT2D eigenvalue weighted by atomic mass is 10.2. The number of nitrogens with zero attached hydrogens (tertiary/aromatic N) is 1. The zero-order chi connectivity index (χ0) is 11.0. The summed E-state index contributed by atoms with van der Waals surface area (Å²) >= 11 is 0. The zero-order valence-corrected chi connectivity index (χ0v) is 9.21. The van der Waals surface area contributed by atoms with Crippen molar-refractivity contribution in [3.05, 3.63) is 11.6 Å².